The van der Waals surface area contributed by atoms with Gasteiger partial charge in [0.05, 0.1) is 0 Å². The second-order valence-corrected chi connectivity index (χ2v) is 4.66. The van der Waals surface area contributed by atoms with E-state index in [1.165, 1.54) is 0 Å². The summed E-state index contributed by atoms with van der Waals surface area (Å²) in [7, 11) is -3.59. The van der Waals surface area contributed by atoms with Gasteiger partial charge in [-0.1, -0.05) is 6.92 Å². The highest BCUT2D eigenvalue weighted by Crippen LogP contribution is 2.15. The van der Waals surface area contributed by atoms with Gasteiger partial charge in [0.2, 0.25) is 0 Å². The van der Waals surface area contributed by atoms with Crippen LogP contribution in [-0.2, 0) is 10.2 Å². The van der Waals surface area contributed by atoms with Gasteiger partial charge < -0.3 is 5.11 Å². The van der Waals surface area contributed by atoms with Crippen molar-refractivity contribution in [1.82, 2.24) is 9.03 Å². The van der Waals surface area contributed by atoms with Gasteiger partial charge in [-0.15, -0.1) is 0 Å². The lowest BCUT2D eigenvalue weighted by atomic mass is 10.3. The third kappa shape index (κ3) is 2.37. The smallest absolute Gasteiger partial charge is 0.279 e. The summed E-state index contributed by atoms with van der Waals surface area (Å²) >= 11 is 0. The van der Waals surface area contributed by atoms with Crippen LogP contribution in [0.1, 0.15) is 6.92 Å². The predicted molar refractivity (Wildman–Crippen MR) is 45.1 cm³/mol. The Kier molecular flexibility index (Phi) is 3.23. The van der Waals surface area contributed by atoms with E-state index in [1.54, 1.807) is 6.92 Å². The van der Waals surface area contributed by atoms with E-state index in [9.17, 15) is 12.8 Å². The van der Waals surface area contributed by atoms with E-state index >= 15 is 0 Å². The Morgan fingerprint density at radius 2 is 2.23 bits per heavy atom. The van der Waals surface area contributed by atoms with Crippen LogP contribution in [0.2, 0.25) is 0 Å². The van der Waals surface area contributed by atoms with Gasteiger partial charge in [-0.25, -0.2) is 9.11 Å². The molecule has 0 bridgehead atoms. The van der Waals surface area contributed by atoms with E-state index in [1.807, 2.05) is 0 Å². The van der Waals surface area contributed by atoms with Crippen LogP contribution in [0.5, 0.6) is 0 Å². The average molecular weight is 212 g/mol. The highest BCUT2D eigenvalue weighted by molar-refractivity contribution is 7.87. The first kappa shape index (κ1) is 10.8. The van der Waals surface area contributed by atoms with Crippen molar-refractivity contribution in [2.75, 3.05) is 19.6 Å². The summed E-state index contributed by atoms with van der Waals surface area (Å²) in [4.78, 5) is 0. The Balaban J connectivity index is 2.65. The maximum Gasteiger partial charge on any atom is 0.279 e. The minimum absolute atomic E-state index is 0.170. The third-order valence-corrected chi connectivity index (χ3v) is 3.48. The molecule has 5 nitrogen and oxygen atoms in total. The fraction of sp³-hybridized carbons (Fsp3) is 1.00. The first-order valence-corrected chi connectivity index (χ1v) is 5.48. The molecule has 0 aromatic heterocycles. The van der Waals surface area contributed by atoms with Crippen molar-refractivity contribution in [2.24, 2.45) is 0 Å². The minimum Gasteiger partial charge on any atom is -0.389 e. The molecule has 1 rings (SSSR count). The lowest BCUT2D eigenvalue weighted by molar-refractivity contribution is 0.117. The molecule has 1 heterocycles. The van der Waals surface area contributed by atoms with Crippen LogP contribution >= 0.6 is 0 Å². The van der Waals surface area contributed by atoms with Crippen molar-refractivity contribution in [3.63, 3.8) is 0 Å². The maximum atomic E-state index is 12.8. The number of hydrogen-bond donors (Lipinski definition) is 2. The molecule has 1 fully saturated rings. The van der Waals surface area contributed by atoms with E-state index in [0.29, 0.717) is 0 Å². The zero-order valence-electron chi connectivity index (χ0n) is 7.27. The molecule has 13 heavy (non-hydrogen) atoms. The number of hydrogen-bond acceptors (Lipinski definition) is 3. The summed E-state index contributed by atoms with van der Waals surface area (Å²) in [6.45, 7) is 1.45. The summed E-state index contributed by atoms with van der Waals surface area (Å²) < 4.78 is 38.4. The van der Waals surface area contributed by atoms with Gasteiger partial charge in [-0.05, 0) is 0 Å². The van der Waals surface area contributed by atoms with Gasteiger partial charge in [0.25, 0.3) is 10.2 Å². The monoisotopic (exact) mass is 212 g/mol. The second kappa shape index (κ2) is 3.87. The van der Waals surface area contributed by atoms with Crippen LogP contribution in [-0.4, -0.2) is 49.7 Å². The van der Waals surface area contributed by atoms with Crippen LogP contribution in [0.15, 0.2) is 0 Å². The Morgan fingerprint density at radius 1 is 1.62 bits per heavy atom. The molecule has 2 atom stereocenters. The van der Waals surface area contributed by atoms with Crippen molar-refractivity contribution < 1.29 is 17.9 Å². The predicted octanol–water partition coefficient (Wildman–Crippen LogP) is -1.14. The van der Waals surface area contributed by atoms with E-state index in [-0.39, 0.29) is 19.6 Å². The van der Waals surface area contributed by atoms with Crippen LogP contribution in [0.25, 0.3) is 0 Å². The third-order valence-electron chi connectivity index (χ3n) is 1.85. The molecule has 0 spiro atoms. The van der Waals surface area contributed by atoms with E-state index in [4.69, 9.17) is 5.11 Å². The minimum atomic E-state index is -3.59. The molecule has 1 aliphatic heterocycles. The molecule has 0 saturated carbocycles. The quantitative estimate of drug-likeness (QED) is 0.621. The molecule has 0 aromatic rings. The molecule has 1 saturated heterocycles. The molecule has 0 radical (unpaired) electrons. The van der Waals surface area contributed by atoms with Crippen molar-refractivity contribution >= 4 is 10.2 Å². The molecule has 2 N–H and O–H groups in total. The number of aliphatic hydroxyl groups excluding tert-OH is 1. The first-order valence-electron chi connectivity index (χ1n) is 4.04. The molecule has 0 aliphatic carbocycles. The van der Waals surface area contributed by atoms with Gasteiger partial charge in [-0.2, -0.15) is 12.7 Å². The zero-order valence-corrected chi connectivity index (χ0v) is 8.09. The Hall–Kier alpha value is -0.240. The molecular formula is C6H13FN2O3S. The van der Waals surface area contributed by atoms with Crippen molar-refractivity contribution in [1.29, 1.82) is 0 Å². The number of aliphatic hydroxyl groups is 1. The van der Waals surface area contributed by atoms with Gasteiger partial charge in [0, 0.05) is 19.6 Å². The van der Waals surface area contributed by atoms with E-state index < -0.39 is 22.5 Å². The molecule has 0 unspecified atom stereocenters. The standard InChI is InChI=1S/C6H13FN2O3S/c1-2-8-13(11,12)9-3-5(7)6(10)4-9/h5-6,8,10H,2-4H2,1H3/t5-,6-/m0/s1. The summed E-state index contributed by atoms with van der Waals surface area (Å²) in [5.74, 6) is 0. The highest BCUT2D eigenvalue weighted by atomic mass is 32.2. The second-order valence-electron chi connectivity index (χ2n) is 2.90. The van der Waals surface area contributed by atoms with Crippen LogP contribution in [0, 0.1) is 0 Å². The molecular weight excluding hydrogens is 199 g/mol. The fourth-order valence-electron chi connectivity index (χ4n) is 1.18. The molecule has 78 valence electrons. The summed E-state index contributed by atoms with van der Waals surface area (Å²) in [6.07, 6.45) is -2.68. The largest absolute Gasteiger partial charge is 0.389 e. The zero-order chi connectivity index (χ0) is 10.1. The number of alkyl halides is 1. The molecule has 1 aliphatic rings. The fourth-order valence-corrected chi connectivity index (χ4v) is 2.42. The van der Waals surface area contributed by atoms with Crippen LogP contribution in [0.4, 0.5) is 4.39 Å². The van der Waals surface area contributed by atoms with Gasteiger partial charge in [-0.3, -0.25) is 0 Å². The number of rotatable bonds is 3. The van der Waals surface area contributed by atoms with Crippen molar-refractivity contribution in [3.05, 3.63) is 0 Å². The summed E-state index contributed by atoms with van der Waals surface area (Å²) in [5, 5.41) is 8.99. The SMILES string of the molecule is CCNS(=O)(=O)N1C[C@H](O)[C@@H](F)C1. The Labute approximate surface area is 76.7 Å². The maximum absolute atomic E-state index is 12.8. The topological polar surface area (TPSA) is 69.6 Å². The first-order chi connectivity index (χ1) is 5.97. The van der Waals surface area contributed by atoms with Gasteiger partial charge in [0.15, 0.2) is 0 Å². The van der Waals surface area contributed by atoms with Gasteiger partial charge >= 0.3 is 0 Å². The van der Waals surface area contributed by atoms with Crippen molar-refractivity contribution in [2.45, 2.75) is 19.2 Å². The van der Waals surface area contributed by atoms with Crippen LogP contribution < -0.4 is 4.72 Å². The molecule has 0 amide bonds. The molecule has 7 heteroatoms. The summed E-state index contributed by atoms with van der Waals surface area (Å²) in [6, 6.07) is 0. The number of nitrogens with one attached hydrogen (secondary N) is 1. The summed E-state index contributed by atoms with van der Waals surface area (Å²) in [5.41, 5.74) is 0. The lowest BCUT2D eigenvalue weighted by Gasteiger charge is -2.14. The number of halogens is 1. The van der Waals surface area contributed by atoms with Crippen LogP contribution in [0.3, 0.4) is 0 Å². The average Bonchev–Trinajstić information content (AvgIpc) is 2.33. The van der Waals surface area contributed by atoms with E-state index in [2.05, 4.69) is 4.72 Å². The number of nitrogens with zero attached hydrogens (tertiary/aromatic N) is 1. The normalized spacial score (nSPS) is 31.0. The van der Waals surface area contributed by atoms with E-state index in [0.717, 1.165) is 4.31 Å². The van der Waals surface area contributed by atoms with Gasteiger partial charge in [0.1, 0.15) is 12.3 Å². The Bertz CT molecular complexity index is 259. The molecule has 0 aromatic carbocycles. The lowest BCUT2D eigenvalue weighted by Crippen LogP contribution is -2.39. The number of β-amino-alcohol motifs (C(OH)–C–C–N with tert-alkyl or cyclic N) is 1. The highest BCUT2D eigenvalue weighted by Gasteiger charge is 2.37. The Morgan fingerprint density at radius 3 is 2.62 bits per heavy atom. The van der Waals surface area contributed by atoms with Crippen molar-refractivity contribution in [3.8, 4) is 0 Å².